The van der Waals surface area contributed by atoms with E-state index in [1.54, 1.807) is 12.1 Å². The van der Waals surface area contributed by atoms with E-state index in [4.69, 9.17) is 9.47 Å². The summed E-state index contributed by atoms with van der Waals surface area (Å²) < 4.78 is 11.5. The van der Waals surface area contributed by atoms with Crippen molar-refractivity contribution in [3.8, 4) is 0 Å². The standard InChI is InChI=1S/C16H22O4/c1-4-5-7-11-12(8-6-9-13(11)15(17)18)14-10-19-16(2,3)20-14/h6,8-9,14H,4-5,7,10H2,1-3H3,(H,17,18). The molecule has 1 aromatic carbocycles. The first-order valence-electron chi connectivity index (χ1n) is 7.11. The van der Waals surface area contributed by atoms with Crippen molar-refractivity contribution in [2.45, 2.75) is 51.9 Å². The van der Waals surface area contributed by atoms with Crippen molar-refractivity contribution >= 4 is 5.97 Å². The van der Waals surface area contributed by atoms with Crippen molar-refractivity contribution in [1.82, 2.24) is 0 Å². The maximum atomic E-state index is 11.4. The molecule has 1 saturated heterocycles. The number of carboxylic acid groups (broad SMARTS) is 1. The van der Waals surface area contributed by atoms with Crippen LogP contribution < -0.4 is 0 Å². The average molecular weight is 278 g/mol. The van der Waals surface area contributed by atoms with Gasteiger partial charge in [0.15, 0.2) is 5.79 Å². The summed E-state index contributed by atoms with van der Waals surface area (Å²) in [5, 5.41) is 9.36. The maximum absolute atomic E-state index is 11.4. The van der Waals surface area contributed by atoms with Crippen molar-refractivity contribution in [3.05, 3.63) is 34.9 Å². The van der Waals surface area contributed by atoms with Gasteiger partial charge in [-0.2, -0.15) is 0 Å². The lowest BCUT2D eigenvalue weighted by atomic mass is 9.93. The Balaban J connectivity index is 2.36. The third-order valence-corrected chi connectivity index (χ3v) is 3.58. The highest BCUT2D eigenvalue weighted by Gasteiger charge is 2.35. The van der Waals surface area contributed by atoms with Gasteiger partial charge in [-0.15, -0.1) is 0 Å². The highest BCUT2D eigenvalue weighted by atomic mass is 16.7. The number of ether oxygens (including phenoxy) is 2. The number of hydrogen-bond donors (Lipinski definition) is 1. The van der Waals surface area contributed by atoms with Gasteiger partial charge in [0.25, 0.3) is 0 Å². The third-order valence-electron chi connectivity index (χ3n) is 3.58. The van der Waals surface area contributed by atoms with Crippen LogP contribution >= 0.6 is 0 Å². The first-order valence-corrected chi connectivity index (χ1v) is 7.11. The Morgan fingerprint density at radius 1 is 1.45 bits per heavy atom. The second-order valence-corrected chi connectivity index (χ2v) is 5.60. The molecule has 0 aromatic heterocycles. The summed E-state index contributed by atoms with van der Waals surface area (Å²) in [6.07, 6.45) is 2.57. The molecule has 4 nitrogen and oxygen atoms in total. The number of benzene rings is 1. The summed E-state index contributed by atoms with van der Waals surface area (Å²) in [5.41, 5.74) is 2.21. The Morgan fingerprint density at radius 3 is 2.75 bits per heavy atom. The van der Waals surface area contributed by atoms with Crippen LogP contribution in [0.5, 0.6) is 0 Å². The molecule has 1 fully saturated rings. The number of rotatable bonds is 5. The van der Waals surface area contributed by atoms with Crippen LogP contribution in [0.2, 0.25) is 0 Å². The molecular weight excluding hydrogens is 256 g/mol. The molecule has 1 aliphatic rings. The van der Waals surface area contributed by atoms with Gasteiger partial charge in [0.05, 0.1) is 12.2 Å². The number of carbonyl (C=O) groups is 1. The molecule has 0 aliphatic carbocycles. The van der Waals surface area contributed by atoms with Crippen LogP contribution in [0.15, 0.2) is 18.2 Å². The van der Waals surface area contributed by atoms with Gasteiger partial charge >= 0.3 is 5.97 Å². The minimum atomic E-state index is -0.879. The Bertz CT molecular complexity index is 493. The molecule has 1 aromatic rings. The molecule has 0 radical (unpaired) electrons. The zero-order valence-corrected chi connectivity index (χ0v) is 12.3. The summed E-state index contributed by atoms with van der Waals surface area (Å²) >= 11 is 0. The van der Waals surface area contributed by atoms with Crippen LogP contribution in [0.3, 0.4) is 0 Å². The summed E-state index contributed by atoms with van der Waals surface area (Å²) in [7, 11) is 0. The van der Waals surface area contributed by atoms with E-state index in [1.165, 1.54) is 0 Å². The number of carboxylic acids is 1. The van der Waals surface area contributed by atoms with Crippen LogP contribution in [0, 0.1) is 0 Å². The quantitative estimate of drug-likeness (QED) is 0.895. The molecule has 4 heteroatoms. The van der Waals surface area contributed by atoms with Gasteiger partial charge in [-0.3, -0.25) is 0 Å². The van der Waals surface area contributed by atoms with E-state index in [1.807, 2.05) is 19.9 Å². The molecule has 1 atom stereocenters. The van der Waals surface area contributed by atoms with Gasteiger partial charge in [0.2, 0.25) is 0 Å². The van der Waals surface area contributed by atoms with Crippen molar-refractivity contribution in [2.75, 3.05) is 6.61 Å². The van der Waals surface area contributed by atoms with Gasteiger partial charge in [-0.05, 0) is 43.9 Å². The Kier molecular flexibility index (Phi) is 4.45. The summed E-state index contributed by atoms with van der Waals surface area (Å²) in [5.74, 6) is -1.48. The minimum Gasteiger partial charge on any atom is -0.478 e. The molecule has 1 aliphatic heterocycles. The van der Waals surface area contributed by atoms with Crippen LogP contribution in [0.4, 0.5) is 0 Å². The molecule has 0 amide bonds. The van der Waals surface area contributed by atoms with Crippen LogP contribution in [0.25, 0.3) is 0 Å². The highest BCUT2D eigenvalue weighted by Crippen LogP contribution is 2.35. The van der Waals surface area contributed by atoms with E-state index in [2.05, 4.69) is 6.92 Å². The van der Waals surface area contributed by atoms with Crippen LogP contribution in [-0.4, -0.2) is 23.5 Å². The predicted molar refractivity (Wildman–Crippen MR) is 75.9 cm³/mol. The lowest BCUT2D eigenvalue weighted by Crippen LogP contribution is -2.20. The first-order chi connectivity index (χ1) is 9.44. The van der Waals surface area contributed by atoms with Gasteiger partial charge < -0.3 is 14.6 Å². The van der Waals surface area contributed by atoms with E-state index in [-0.39, 0.29) is 6.10 Å². The Hall–Kier alpha value is -1.39. The summed E-state index contributed by atoms with van der Waals surface area (Å²) in [4.78, 5) is 11.4. The first kappa shape index (κ1) is 15.0. The van der Waals surface area contributed by atoms with Crippen molar-refractivity contribution in [2.24, 2.45) is 0 Å². The molecule has 1 N–H and O–H groups in total. The number of aromatic carboxylic acids is 1. The third kappa shape index (κ3) is 3.19. The molecule has 110 valence electrons. The average Bonchev–Trinajstić information content (AvgIpc) is 2.76. The minimum absolute atomic E-state index is 0.184. The lowest BCUT2D eigenvalue weighted by Gasteiger charge is -2.20. The molecule has 1 heterocycles. The van der Waals surface area contributed by atoms with E-state index in [0.29, 0.717) is 12.2 Å². The zero-order chi connectivity index (χ0) is 14.8. The van der Waals surface area contributed by atoms with Gasteiger partial charge in [-0.25, -0.2) is 4.79 Å². The van der Waals surface area contributed by atoms with Crippen LogP contribution in [0.1, 0.15) is 61.2 Å². The van der Waals surface area contributed by atoms with Crippen molar-refractivity contribution in [3.63, 3.8) is 0 Å². The zero-order valence-electron chi connectivity index (χ0n) is 12.3. The molecule has 1 unspecified atom stereocenters. The number of hydrogen-bond acceptors (Lipinski definition) is 3. The van der Waals surface area contributed by atoms with Gasteiger partial charge in [0, 0.05) is 0 Å². The van der Waals surface area contributed by atoms with E-state index >= 15 is 0 Å². The summed E-state index contributed by atoms with van der Waals surface area (Å²) in [6, 6.07) is 5.40. The largest absolute Gasteiger partial charge is 0.478 e. The van der Waals surface area contributed by atoms with E-state index in [0.717, 1.165) is 30.4 Å². The second kappa shape index (κ2) is 5.94. The van der Waals surface area contributed by atoms with Gasteiger partial charge in [0.1, 0.15) is 6.10 Å². The highest BCUT2D eigenvalue weighted by molar-refractivity contribution is 5.89. The normalized spacial score (nSPS) is 21.1. The van der Waals surface area contributed by atoms with Gasteiger partial charge in [-0.1, -0.05) is 25.5 Å². The van der Waals surface area contributed by atoms with Crippen LogP contribution in [-0.2, 0) is 15.9 Å². The fourth-order valence-electron chi connectivity index (χ4n) is 2.58. The molecule has 2 rings (SSSR count). The smallest absolute Gasteiger partial charge is 0.335 e. The fraction of sp³-hybridized carbons (Fsp3) is 0.562. The Morgan fingerprint density at radius 2 is 2.20 bits per heavy atom. The van der Waals surface area contributed by atoms with E-state index < -0.39 is 11.8 Å². The number of unbranched alkanes of at least 4 members (excludes halogenated alkanes) is 1. The second-order valence-electron chi connectivity index (χ2n) is 5.60. The molecular formula is C16H22O4. The summed E-state index contributed by atoms with van der Waals surface area (Å²) in [6.45, 7) is 6.32. The van der Waals surface area contributed by atoms with E-state index in [9.17, 15) is 9.90 Å². The fourth-order valence-corrected chi connectivity index (χ4v) is 2.58. The lowest BCUT2D eigenvalue weighted by molar-refractivity contribution is -0.139. The molecule has 0 bridgehead atoms. The molecule has 0 spiro atoms. The van der Waals surface area contributed by atoms with Crippen molar-refractivity contribution in [1.29, 1.82) is 0 Å². The predicted octanol–water partition coefficient (Wildman–Crippen LogP) is 3.55. The van der Waals surface area contributed by atoms with Crippen molar-refractivity contribution < 1.29 is 19.4 Å². The monoisotopic (exact) mass is 278 g/mol. The maximum Gasteiger partial charge on any atom is 0.335 e. The topological polar surface area (TPSA) is 55.8 Å². The molecule has 0 saturated carbocycles. The molecule has 20 heavy (non-hydrogen) atoms. The SMILES string of the molecule is CCCCc1c(C(=O)O)cccc1C1COC(C)(C)O1. The Labute approximate surface area is 119 Å².